The molecule has 0 saturated carbocycles. The van der Waals surface area contributed by atoms with Crippen molar-refractivity contribution in [2.24, 2.45) is 5.84 Å². The summed E-state index contributed by atoms with van der Waals surface area (Å²) >= 11 is 0. The van der Waals surface area contributed by atoms with Gasteiger partial charge in [0.15, 0.2) is 0 Å². The molecule has 94 valence electrons. The van der Waals surface area contributed by atoms with E-state index in [9.17, 15) is 0 Å². The maximum Gasteiger partial charge on any atom is 0.0710 e. The van der Waals surface area contributed by atoms with Crippen molar-refractivity contribution in [2.75, 3.05) is 0 Å². The number of hydrogen-bond donors (Lipinski definition) is 2. The van der Waals surface area contributed by atoms with Crippen LogP contribution in [0.2, 0.25) is 0 Å². The fraction of sp³-hybridized carbons (Fsp3) is 0.0625. The van der Waals surface area contributed by atoms with E-state index in [1.165, 1.54) is 0 Å². The van der Waals surface area contributed by atoms with E-state index in [1.807, 2.05) is 24.3 Å². The average Bonchev–Trinajstić information content (AvgIpc) is 2.49. The molecule has 1 atom stereocenters. The summed E-state index contributed by atoms with van der Waals surface area (Å²) < 4.78 is 0. The standard InChI is InChI=1S/C16H15N3/c17-19-16(13-5-2-1-3-6-13)14-9-8-12-7-4-10-18-15(12)11-14/h1-11,16,19H,17H2. The van der Waals surface area contributed by atoms with Crippen LogP contribution in [0, 0.1) is 0 Å². The Kier molecular flexibility index (Phi) is 3.23. The highest BCUT2D eigenvalue weighted by atomic mass is 15.2. The summed E-state index contributed by atoms with van der Waals surface area (Å²) in [4.78, 5) is 4.38. The molecular formula is C16H15N3. The molecule has 0 bridgehead atoms. The largest absolute Gasteiger partial charge is 0.271 e. The quantitative estimate of drug-likeness (QED) is 0.554. The maximum absolute atomic E-state index is 5.71. The molecule has 3 nitrogen and oxygen atoms in total. The molecule has 3 aromatic rings. The zero-order chi connectivity index (χ0) is 13.1. The summed E-state index contributed by atoms with van der Waals surface area (Å²) in [6.45, 7) is 0. The SMILES string of the molecule is NNC(c1ccccc1)c1ccc2cccnc2c1. The molecule has 3 N–H and O–H groups in total. The van der Waals surface area contributed by atoms with Gasteiger partial charge in [0.2, 0.25) is 0 Å². The number of fused-ring (bicyclic) bond motifs is 1. The molecule has 19 heavy (non-hydrogen) atoms. The number of hydrogen-bond acceptors (Lipinski definition) is 3. The van der Waals surface area contributed by atoms with Crippen molar-refractivity contribution in [2.45, 2.75) is 6.04 Å². The van der Waals surface area contributed by atoms with Crippen LogP contribution in [-0.4, -0.2) is 4.98 Å². The molecule has 0 fully saturated rings. The number of nitrogens with two attached hydrogens (primary N) is 1. The minimum Gasteiger partial charge on any atom is -0.271 e. The van der Waals surface area contributed by atoms with Crippen molar-refractivity contribution in [1.29, 1.82) is 0 Å². The van der Waals surface area contributed by atoms with Crippen molar-refractivity contribution < 1.29 is 0 Å². The summed E-state index contributed by atoms with van der Waals surface area (Å²) in [5.74, 6) is 5.71. The van der Waals surface area contributed by atoms with Gasteiger partial charge in [-0.25, -0.2) is 5.43 Å². The molecule has 0 saturated heterocycles. The number of pyridine rings is 1. The fourth-order valence-corrected chi connectivity index (χ4v) is 2.29. The third-order valence-electron chi connectivity index (χ3n) is 3.26. The Morgan fingerprint density at radius 1 is 0.895 bits per heavy atom. The predicted molar refractivity (Wildman–Crippen MR) is 77.4 cm³/mol. The van der Waals surface area contributed by atoms with E-state index in [0.29, 0.717) is 0 Å². The summed E-state index contributed by atoms with van der Waals surface area (Å²) in [6, 6.07) is 20.4. The van der Waals surface area contributed by atoms with Crippen LogP contribution in [0.5, 0.6) is 0 Å². The van der Waals surface area contributed by atoms with Crippen molar-refractivity contribution in [3.63, 3.8) is 0 Å². The lowest BCUT2D eigenvalue weighted by Gasteiger charge is -2.17. The van der Waals surface area contributed by atoms with Gasteiger partial charge in [-0.3, -0.25) is 10.8 Å². The maximum atomic E-state index is 5.71. The second-order valence-electron chi connectivity index (χ2n) is 4.47. The van der Waals surface area contributed by atoms with Crippen LogP contribution in [0.3, 0.4) is 0 Å². The van der Waals surface area contributed by atoms with E-state index >= 15 is 0 Å². The van der Waals surface area contributed by atoms with Crippen molar-refractivity contribution in [3.05, 3.63) is 78.0 Å². The van der Waals surface area contributed by atoms with Gasteiger partial charge >= 0.3 is 0 Å². The molecule has 0 aliphatic heterocycles. The number of nitrogens with zero attached hydrogens (tertiary/aromatic N) is 1. The van der Waals surface area contributed by atoms with Gasteiger partial charge in [-0.05, 0) is 23.3 Å². The summed E-state index contributed by atoms with van der Waals surface area (Å²) in [5.41, 5.74) is 6.10. The van der Waals surface area contributed by atoms with Gasteiger partial charge in [-0.15, -0.1) is 0 Å². The Labute approximate surface area is 112 Å². The molecule has 1 aromatic heterocycles. The third kappa shape index (κ3) is 2.34. The molecule has 3 rings (SSSR count). The molecule has 0 amide bonds. The van der Waals surface area contributed by atoms with Gasteiger partial charge in [-0.1, -0.05) is 48.5 Å². The molecular weight excluding hydrogens is 234 g/mol. The van der Waals surface area contributed by atoms with Crippen LogP contribution < -0.4 is 11.3 Å². The van der Waals surface area contributed by atoms with Crippen molar-refractivity contribution in [3.8, 4) is 0 Å². The monoisotopic (exact) mass is 249 g/mol. The van der Waals surface area contributed by atoms with E-state index in [-0.39, 0.29) is 6.04 Å². The highest BCUT2D eigenvalue weighted by Gasteiger charge is 2.12. The topological polar surface area (TPSA) is 50.9 Å². The van der Waals surface area contributed by atoms with Crippen LogP contribution in [0.15, 0.2) is 66.9 Å². The Morgan fingerprint density at radius 2 is 1.74 bits per heavy atom. The smallest absolute Gasteiger partial charge is 0.0710 e. The molecule has 0 aliphatic carbocycles. The Morgan fingerprint density at radius 3 is 2.53 bits per heavy atom. The number of rotatable bonds is 3. The minimum absolute atomic E-state index is 0.0207. The first-order valence-electron chi connectivity index (χ1n) is 6.24. The summed E-state index contributed by atoms with van der Waals surface area (Å²) in [7, 11) is 0. The van der Waals surface area contributed by atoms with Gasteiger partial charge in [0.1, 0.15) is 0 Å². The number of hydrazine groups is 1. The number of benzene rings is 2. The van der Waals surface area contributed by atoms with E-state index in [0.717, 1.165) is 22.0 Å². The Balaban J connectivity index is 2.06. The first-order chi connectivity index (χ1) is 9.38. The van der Waals surface area contributed by atoms with Crippen LogP contribution in [0.4, 0.5) is 0 Å². The molecule has 0 radical (unpaired) electrons. The van der Waals surface area contributed by atoms with Crippen molar-refractivity contribution in [1.82, 2.24) is 10.4 Å². The van der Waals surface area contributed by atoms with Crippen LogP contribution >= 0.6 is 0 Å². The lowest BCUT2D eigenvalue weighted by atomic mass is 9.98. The van der Waals surface area contributed by atoms with Gasteiger partial charge < -0.3 is 0 Å². The normalized spacial score (nSPS) is 12.5. The van der Waals surface area contributed by atoms with Crippen LogP contribution in [0.1, 0.15) is 17.2 Å². The zero-order valence-electron chi connectivity index (χ0n) is 10.5. The summed E-state index contributed by atoms with van der Waals surface area (Å²) in [5, 5.41) is 1.13. The van der Waals surface area contributed by atoms with Gasteiger partial charge in [-0.2, -0.15) is 0 Å². The predicted octanol–water partition coefficient (Wildman–Crippen LogP) is 2.79. The molecule has 1 heterocycles. The fourth-order valence-electron chi connectivity index (χ4n) is 2.29. The molecule has 3 heteroatoms. The summed E-state index contributed by atoms with van der Waals surface area (Å²) in [6.07, 6.45) is 1.81. The molecule has 2 aromatic carbocycles. The molecule has 1 unspecified atom stereocenters. The zero-order valence-corrected chi connectivity index (χ0v) is 10.5. The van der Waals surface area contributed by atoms with E-state index in [2.05, 4.69) is 46.8 Å². The van der Waals surface area contributed by atoms with Gasteiger partial charge in [0, 0.05) is 11.6 Å². The van der Waals surface area contributed by atoms with E-state index < -0.39 is 0 Å². The number of nitrogens with one attached hydrogen (secondary N) is 1. The number of aromatic nitrogens is 1. The van der Waals surface area contributed by atoms with E-state index in [4.69, 9.17) is 5.84 Å². The van der Waals surface area contributed by atoms with E-state index in [1.54, 1.807) is 6.20 Å². The lowest BCUT2D eigenvalue weighted by molar-refractivity contribution is 0.637. The first kappa shape index (κ1) is 11.8. The van der Waals surface area contributed by atoms with Gasteiger partial charge in [0.05, 0.1) is 11.6 Å². The second kappa shape index (κ2) is 5.18. The third-order valence-corrected chi connectivity index (χ3v) is 3.26. The van der Waals surface area contributed by atoms with Gasteiger partial charge in [0.25, 0.3) is 0 Å². The van der Waals surface area contributed by atoms with Crippen molar-refractivity contribution >= 4 is 10.9 Å². The molecule has 0 spiro atoms. The Hall–Kier alpha value is -2.23. The van der Waals surface area contributed by atoms with Crippen LogP contribution in [-0.2, 0) is 0 Å². The second-order valence-corrected chi connectivity index (χ2v) is 4.47. The highest BCUT2D eigenvalue weighted by molar-refractivity contribution is 5.79. The highest BCUT2D eigenvalue weighted by Crippen LogP contribution is 2.23. The van der Waals surface area contributed by atoms with Crippen LogP contribution in [0.25, 0.3) is 10.9 Å². The lowest BCUT2D eigenvalue weighted by Crippen LogP contribution is -2.28. The Bertz CT molecular complexity index is 680. The minimum atomic E-state index is -0.0207. The molecule has 0 aliphatic rings. The first-order valence-corrected chi connectivity index (χ1v) is 6.24. The average molecular weight is 249 g/mol.